The average molecular weight is 720 g/mol. The van der Waals surface area contributed by atoms with Crippen molar-refractivity contribution in [2.45, 2.75) is 82.1 Å². The van der Waals surface area contributed by atoms with Crippen LogP contribution in [0.25, 0.3) is 10.8 Å². The highest BCUT2D eigenvalue weighted by molar-refractivity contribution is 6.07. The summed E-state index contributed by atoms with van der Waals surface area (Å²) in [6, 6.07) is 6.81. The number of nitrogens with one attached hydrogen (secondary N) is 2. The lowest BCUT2D eigenvalue weighted by Gasteiger charge is -2.40. The Labute approximate surface area is 299 Å². The van der Waals surface area contributed by atoms with Gasteiger partial charge >= 0.3 is 18.2 Å². The number of carbonyl (C=O) groups excluding carboxylic acids is 2. The van der Waals surface area contributed by atoms with E-state index in [1.54, 1.807) is 6.07 Å². The van der Waals surface area contributed by atoms with E-state index in [4.69, 9.17) is 24.5 Å². The highest BCUT2D eigenvalue weighted by Crippen LogP contribution is 2.42. The fourth-order valence-corrected chi connectivity index (χ4v) is 9.17. The molecule has 0 bridgehead atoms. The standard InChI is InChI=1S/C37H43F2N7O6/c1-2-25-27(39)6-5-23-15-22(8-14-51-35(49)50)16-29(30(23)25)44-13-7-26-28(19-44)40-34(52-21-36-9-3-12-46(36)18-24(38)17-36)41-31(26)45-11-4-10-37(20-45)32(47)42-33(48)43-37/h5-6,15-16,24H,2-4,7-14,17-21H2,1H3,(H,49,50)(H2,42,43,47,48)/t24-,36+,37-/m1/s1. The molecule has 3 amide bonds. The van der Waals surface area contributed by atoms with Crippen LogP contribution in [0, 0.1) is 5.82 Å². The Morgan fingerprint density at radius 1 is 1.12 bits per heavy atom. The Morgan fingerprint density at radius 3 is 2.75 bits per heavy atom. The second kappa shape index (κ2) is 13.3. The third-order valence-electron chi connectivity index (χ3n) is 11.6. The lowest BCUT2D eigenvalue weighted by molar-refractivity contribution is -0.124. The third-order valence-corrected chi connectivity index (χ3v) is 11.6. The highest BCUT2D eigenvalue weighted by atomic mass is 19.1. The van der Waals surface area contributed by atoms with Crippen LogP contribution in [0.15, 0.2) is 24.3 Å². The number of carbonyl (C=O) groups is 3. The lowest BCUT2D eigenvalue weighted by Crippen LogP contribution is -2.59. The molecule has 0 saturated carbocycles. The number of amides is 3. The zero-order valence-corrected chi connectivity index (χ0v) is 29.2. The van der Waals surface area contributed by atoms with Crippen LogP contribution >= 0.6 is 0 Å². The summed E-state index contributed by atoms with van der Waals surface area (Å²) in [5.41, 5.74) is 2.43. The summed E-state index contributed by atoms with van der Waals surface area (Å²) in [5, 5.41) is 15.9. The van der Waals surface area contributed by atoms with Crippen molar-refractivity contribution in [1.82, 2.24) is 25.5 Å². The molecule has 5 aliphatic heterocycles. The molecule has 1 spiro atoms. The second-order valence-corrected chi connectivity index (χ2v) is 14.8. The fourth-order valence-electron chi connectivity index (χ4n) is 9.17. The number of alkyl halides is 1. The average Bonchev–Trinajstić information content (AvgIpc) is 3.74. The maximum atomic E-state index is 15.3. The number of rotatable bonds is 9. The number of anilines is 2. The molecular weight excluding hydrogens is 676 g/mol. The molecule has 3 N–H and O–H groups in total. The van der Waals surface area contributed by atoms with Gasteiger partial charge in [-0.25, -0.2) is 18.4 Å². The van der Waals surface area contributed by atoms with Crippen LogP contribution in [0.1, 0.15) is 61.4 Å². The van der Waals surface area contributed by atoms with Crippen LogP contribution in [0.5, 0.6) is 6.01 Å². The Balaban J connectivity index is 1.17. The van der Waals surface area contributed by atoms with E-state index in [0.29, 0.717) is 76.1 Å². The monoisotopic (exact) mass is 719 g/mol. The number of benzene rings is 2. The van der Waals surface area contributed by atoms with E-state index in [1.807, 2.05) is 24.0 Å². The van der Waals surface area contributed by atoms with Gasteiger partial charge in [-0.1, -0.05) is 19.1 Å². The van der Waals surface area contributed by atoms with Gasteiger partial charge in [-0.3, -0.25) is 15.0 Å². The molecule has 5 aliphatic rings. The number of fused-ring (bicyclic) bond motifs is 3. The minimum Gasteiger partial charge on any atom is -0.461 e. The van der Waals surface area contributed by atoms with Crippen molar-refractivity contribution in [2.75, 3.05) is 55.7 Å². The smallest absolute Gasteiger partial charge is 0.461 e. The van der Waals surface area contributed by atoms with E-state index in [1.165, 1.54) is 6.07 Å². The number of hydrogen-bond donors (Lipinski definition) is 3. The summed E-state index contributed by atoms with van der Waals surface area (Å²) < 4.78 is 41.1. The van der Waals surface area contributed by atoms with Crippen LogP contribution in [-0.2, 0) is 35.3 Å². The van der Waals surface area contributed by atoms with E-state index in [9.17, 15) is 18.8 Å². The summed E-state index contributed by atoms with van der Waals surface area (Å²) in [4.78, 5) is 52.6. The van der Waals surface area contributed by atoms with Crippen LogP contribution in [0.4, 0.5) is 29.9 Å². The number of hydrogen-bond acceptors (Lipinski definition) is 10. The summed E-state index contributed by atoms with van der Waals surface area (Å²) >= 11 is 0. The van der Waals surface area contributed by atoms with Gasteiger partial charge in [0.25, 0.3) is 5.91 Å². The largest absolute Gasteiger partial charge is 0.505 e. The van der Waals surface area contributed by atoms with Crippen LogP contribution < -0.4 is 25.2 Å². The molecule has 2 aromatic carbocycles. The van der Waals surface area contributed by atoms with Crippen molar-refractivity contribution in [2.24, 2.45) is 0 Å². The van der Waals surface area contributed by atoms with E-state index in [2.05, 4.69) is 20.4 Å². The summed E-state index contributed by atoms with van der Waals surface area (Å²) in [5.74, 6) is 0.00314. The lowest BCUT2D eigenvalue weighted by atomic mass is 9.88. The zero-order valence-electron chi connectivity index (χ0n) is 29.2. The van der Waals surface area contributed by atoms with Gasteiger partial charge in [0.15, 0.2) is 0 Å². The van der Waals surface area contributed by atoms with Gasteiger partial charge in [-0.2, -0.15) is 9.97 Å². The molecule has 6 heterocycles. The third kappa shape index (κ3) is 6.11. The number of aromatic nitrogens is 2. The molecular formula is C37H43F2N7O6. The molecule has 15 heteroatoms. The molecule has 3 atom stereocenters. The first-order chi connectivity index (χ1) is 25.1. The molecule has 13 nitrogen and oxygen atoms in total. The number of halogens is 2. The number of piperidine rings is 1. The van der Waals surface area contributed by atoms with E-state index >= 15 is 4.39 Å². The van der Waals surface area contributed by atoms with Crippen molar-refractivity contribution in [3.63, 3.8) is 0 Å². The highest BCUT2D eigenvalue weighted by Gasteiger charge is 2.51. The molecule has 3 aromatic rings. The normalized spacial score (nSPS) is 25.7. The van der Waals surface area contributed by atoms with E-state index in [0.717, 1.165) is 52.7 Å². The molecule has 0 unspecified atom stereocenters. The van der Waals surface area contributed by atoms with Gasteiger partial charge in [-0.05, 0) is 73.7 Å². The fraction of sp³-hybridized carbons (Fsp3) is 0.541. The van der Waals surface area contributed by atoms with Gasteiger partial charge in [0.2, 0.25) is 0 Å². The van der Waals surface area contributed by atoms with Crippen LogP contribution in [0.3, 0.4) is 0 Å². The van der Waals surface area contributed by atoms with E-state index in [-0.39, 0.29) is 37.5 Å². The molecule has 0 radical (unpaired) electrons. The first kappa shape index (κ1) is 34.3. The summed E-state index contributed by atoms with van der Waals surface area (Å²) in [6.45, 7) is 5.14. The Morgan fingerprint density at radius 2 is 1.96 bits per heavy atom. The van der Waals surface area contributed by atoms with Crippen molar-refractivity contribution in [1.29, 1.82) is 0 Å². The van der Waals surface area contributed by atoms with Gasteiger partial charge in [0.1, 0.15) is 30.0 Å². The number of urea groups is 1. The van der Waals surface area contributed by atoms with Crippen molar-refractivity contribution in [3.05, 3.63) is 52.5 Å². The topological polar surface area (TPSA) is 149 Å². The molecule has 0 aliphatic carbocycles. The van der Waals surface area contributed by atoms with Gasteiger partial charge in [0.05, 0.1) is 30.9 Å². The van der Waals surface area contributed by atoms with Gasteiger partial charge in [-0.15, -0.1) is 0 Å². The molecule has 276 valence electrons. The van der Waals surface area contributed by atoms with Gasteiger partial charge < -0.3 is 29.7 Å². The van der Waals surface area contributed by atoms with Crippen LogP contribution in [-0.4, -0.2) is 101 Å². The quantitative estimate of drug-likeness (QED) is 0.215. The second-order valence-electron chi connectivity index (χ2n) is 14.8. The zero-order chi connectivity index (χ0) is 36.2. The van der Waals surface area contributed by atoms with Crippen molar-refractivity contribution >= 4 is 40.4 Å². The Bertz CT molecular complexity index is 1950. The molecule has 4 fully saturated rings. The van der Waals surface area contributed by atoms with Crippen molar-refractivity contribution in [3.8, 4) is 6.01 Å². The summed E-state index contributed by atoms with van der Waals surface area (Å²) in [7, 11) is 0. The maximum absolute atomic E-state index is 15.3. The van der Waals surface area contributed by atoms with Gasteiger partial charge in [0, 0.05) is 49.1 Å². The minimum atomic E-state index is -1.34. The van der Waals surface area contributed by atoms with E-state index < -0.39 is 29.4 Å². The van der Waals surface area contributed by atoms with Crippen LogP contribution in [0.2, 0.25) is 0 Å². The first-order valence-corrected chi connectivity index (χ1v) is 18.2. The first-order valence-electron chi connectivity index (χ1n) is 18.2. The number of carboxylic acid groups (broad SMARTS) is 1. The number of ether oxygens (including phenoxy) is 2. The predicted octanol–water partition coefficient (Wildman–Crippen LogP) is 4.26. The molecule has 1 aromatic heterocycles. The molecule has 52 heavy (non-hydrogen) atoms. The number of nitrogens with zero attached hydrogens (tertiary/aromatic N) is 5. The number of aryl methyl sites for hydroxylation is 1. The Kier molecular flexibility index (Phi) is 8.79. The Hall–Kier alpha value is -4.79. The summed E-state index contributed by atoms with van der Waals surface area (Å²) in [6.07, 6.45) is 2.48. The molecule has 8 rings (SSSR count). The van der Waals surface area contributed by atoms with Crippen molar-refractivity contribution < 1.29 is 37.7 Å². The number of imide groups is 1. The predicted molar refractivity (Wildman–Crippen MR) is 187 cm³/mol. The minimum absolute atomic E-state index is 0.0138. The molecule has 4 saturated heterocycles. The maximum Gasteiger partial charge on any atom is 0.505 e. The SMILES string of the molecule is CCc1c(F)ccc2cc(CCOC(=O)O)cc(N3CCc4c(nc(OC[C@@]56CCCN5C[C@H](F)C6)nc4N4CCC[C@]5(C4)NC(=O)NC5=O)C3)c12.